The van der Waals surface area contributed by atoms with E-state index in [0.29, 0.717) is 28.6 Å². The number of halogens is 3. The van der Waals surface area contributed by atoms with Crippen LogP contribution in [0, 0.1) is 5.82 Å². The molecule has 0 aliphatic carbocycles. The summed E-state index contributed by atoms with van der Waals surface area (Å²) in [7, 11) is 1.60. The number of hydrogen-bond donors (Lipinski definition) is 1. The molecule has 1 N–H and O–H groups in total. The molecule has 188 valence electrons. The normalized spacial score (nSPS) is 11.0. The van der Waals surface area contributed by atoms with Crippen LogP contribution in [0.5, 0.6) is 11.5 Å². The summed E-state index contributed by atoms with van der Waals surface area (Å²) in [6, 6.07) is 17.9. The van der Waals surface area contributed by atoms with E-state index in [9.17, 15) is 4.39 Å². The van der Waals surface area contributed by atoms with Crippen molar-refractivity contribution in [2.75, 3.05) is 19.4 Å². The van der Waals surface area contributed by atoms with Gasteiger partial charge in [-0.05, 0) is 65.4 Å². The monoisotopic (exact) mass is 591 g/mol. The molecule has 3 aromatic carbocycles. The minimum Gasteiger partial charge on any atom is -0.493 e. The van der Waals surface area contributed by atoms with E-state index in [0.717, 1.165) is 39.6 Å². The van der Waals surface area contributed by atoms with Crippen LogP contribution in [0.2, 0.25) is 5.02 Å². The number of ether oxygens (including phenoxy) is 2. The lowest BCUT2D eigenvalue weighted by atomic mass is 10.2. The Morgan fingerprint density at radius 2 is 1.92 bits per heavy atom. The number of nitrogens with one attached hydrogen (secondary N) is 1. The molecule has 0 aliphatic heterocycles. The lowest BCUT2D eigenvalue weighted by Gasteiger charge is -2.15. The van der Waals surface area contributed by atoms with Crippen molar-refractivity contribution in [2.45, 2.75) is 24.7 Å². The average molecular weight is 593 g/mol. The zero-order chi connectivity index (χ0) is 25.3. The van der Waals surface area contributed by atoms with Crippen molar-refractivity contribution in [1.29, 1.82) is 0 Å². The summed E-state index contributed by atoms with van der Waals surface area (Å²) >= 11 is 11.3. The molecular weight excluding hydrogens is 569 g/mol. The number of para-hydroxylation sites is 1. The number of nitrogens with zero attached hydrogens (tertiary/aromatic N) is 4. The lowest BCUT2D eigenvalue weighted by molar-refractivity contribution is 0.284. The fourth-order valence-electron chi connectivity index (χ4n) is 3.36. The van der Waals surface area contributed by atoms with Crippen LogP contribution < -0.4 is 14.8 Å². The summed E-state index contributed by atoms with van der Waals surface area (Å²) in [5.41, 5.74) is 2.67. The van der Waals surface area contributed by atoms with Crippen LogP contribution in [0.3, 0.4) is 0 Å². The van der Waals surface area contributed by atoms with Crippen LogP contribution in [0.15, 0.2) is 70.3 Å². The number of thioether (sulfide) groups is 1. The first kappa shape index (κ1) is 26.4. The maximum atomic E-state index is 13.3. The molecular formula is C25H24BrClFN5O2S. The third kappa shape index (κ3) is 6.97. The molecule has 36 heavy (non-hydrogen) atoms. The highest BCUT2D eigenvalue weighted by Gasteiger charge is 2.12. The van der Waals surface area contributed by atoms with E-state index < -0.39 is 0 Å². The molecule has 0 radical (unpaired) electrons. The van der Waals surface area contributed by atoms with Crippen molar-refractivity contribution in [2.24, 2.45) is 0 Å². The molecule has 7 nitrogen and oxygen atoms in total. The molecule has 0 aliphatic rings. The van der Waals surface area contributed by atoms with E-state index in [-0.39, 0.29) is 12.4 Å². The third-order valence-corrected chi connectivity index (χ3v) is 7.31. The van der Waals surface area contributed by atoms with Gasteiger partial charge in [0.25, 0.3) is 0 Å². The molecule has 0 saturated heterocycles. The second-order valence-corrected chi connectivity index (χ2v) is 10.0. The Bertz CT molecular complexity index is 1290. The van der Waals surface area contributed by atoms with E-state index in [2.05, 4.69) is 36.8 Å². The highest BCUT2D eigenvalue weighted by atomic mass is 79.9. The van der Waals surface area contributed by atoms with Crippen LogP contribution in [-0.4, -0.2) is 39.6 Å². The number of rotatable bonds is 12. The van der Waals surface area contributed by atoms with Gasteiger partial charge in [-0.25, -0.2) is 4.39 Å². The second-order valence-electron chi connectivity index (χ2n) is 7.71. The van der Waals surface area contributed by atoms with E-state index in [1.807, 2.05) is 42.5 Å². The topological polar surface area (TPSA) is 74.1 Å². The first-order chi connectivity index (χ1) is 17.5. The molecule has 0 atom stereocenters. The summed E-state index contributed by atoms with van der Waals surface area (Å²) < 4.78 is 27.3. The summed E-state index contributed by atoms with van der Waals surface area (Å²) in [4.78, 5) is 0. The number of aromatic nitrogens is 4. The van der Waals surface area contributed by atoms with Crippen LogP contribution in [0.4, 0.5) is 4.39 Å². The van der Waals surface area contributed by atoms with Gasteiger partial charge in [0.1, 0.15) is 12.4 Å². The van der Waals surface area contributed by atoms with Crippen LogP contribution in [-0.2, 0) is 13.2 Å². The van der Waals surface area contributed by atoms with E-state index >= 15 is 0 Å². The highest BCUT2D eigenvalue weighted by molar-refractivity contribution is 9.10. The lowest BCUT2D eigenvalue weighted by Crippen LogP contribution is -2.16. The van der Waals surface area contributed by atoms with Gasteiger partial charge in [0.2, 0.25) is 5.16 Å². The van der Waals surface area contributed by atoms with Gasteiger partial charge >= 0.3 is 0 Å². The summed E-state index contributed by atoms with van der Waals surface area (Å²) in [5.74, 6) is 1.67. The molecule has 0 saturated carbocycles. The molecule has 1 aromatic heterocycles. The van der Waals surface area contributed by atoms with Crippen molar-refractivity contribution >= 4 is 39.3 Å². The number of benzene rings is 3. The minimum absolute atomic E-state index is 0.199. The Morgan fingerprint density at radius 3 is 2.69 bits per heavy atom. The van der Waals surface area contributed by atoms with Crippen LogP contribution in [0.1, 0.15) is 17.5 Å². The zero-order valence-electron chi connectivity index (χ0n) is 19.5. The molecule has 0 unspecified atom stereocenters. The van der Waals surface area contributed by atoms with Crippen molar-refractivity contribution in [3.8, 4) is 17.2 Å². The predicted molar refractivity (Wildman–Crippen MR) is 143 cm³/mol. The Hall–Kier alpha value is -2.66. The number of tetrazole rings is 1. The standard InChI is InChI=1S/C25H24BrClFN5O2S/c1-34-23-12-18(21(26)14-24(23)35-16-17-8-9-19(28)13-22(17)27)15-29-10-5-11-36-25-30-31-32-33(25)20-6-3-2-4-7-20/h2-4,6-9,12-14,29H,5,10-11,15-16H2,1H3. The van der Waals surface area contributed by atoms with Crippen molar-refractivity contribution in [3.05, 3.63) is 87.1 Å². The summed E-state index contributed by atoms with van der Waals surface area (Å²) in [6.45, 7) is 1.69. The van der Waals surface area contributed by atoms with Gasteiger partial charge in [0.05, 0.1) is 17.8 Å². The first-order valence-corrected chi connectivity index (χ1v) is 13.3. The zero-order valence-corrected chi connectivity index (χ0v) is 22.6. The van der Waals surface area contributed by atoms with Gasteiger partial charge < -0.3 is 14.8 Å². The van der Waals surface area contributed by atoms with Crippen molar-refractivity contribution in [1.82, 2.24) is 25.5 Å². The van der Waals surface area contributed by atoms with Crippen LogP contribution >= 0.6 is 39.3 Å². The fourth-order valence-corrected chi connectivity index (χ4v) is 4.88. The van der Waals surface area contributed by atoms with Gasteiger partial charge in [-0.15, -0.1) is 5.10 Å². The SMILES string of the molecule is COc1cc(CNCCCSc2nnnn2-c2ccccc2)c(Br)cc1OCc1ccc(F)cc1Cl. The average Bonchev–Trinajstić information content (AvgIpc) is 3.35. The Morgan fingerprint density at radius 1 is 1.08 bits per heavy atom. The Labute approximate surface area is 226 Å². The van der Waals surface area contributed by atoms with Gasteiger partial charge in [-0.2, -0.15) is 4.68 Å². The van der Waals surface area contributed by atoms with Crippen LogP contribution in [0.25, 0.3) is 5.69 Å². The molecule has 1 heterocycles. The molecule has 0 spiro atoms. The maximum absolute atomic E-state index is 13.3. The molecule has 0 amide bonds. The first-order valence-electron chi connectivity index (χ1n) is 11.2. The maximum Gasteiger partial charge on any atom is 0.214 e. The van der Waals surface area contributed by atoms with E-state index in [4.69, 9.17) is 21.1 Å². The fraction of sp³-hybridized carbons (Fsp3) is 0.240. The molecule has 0 fully saturated rings. The smallest absolute Gasteiger partial charge is 0.214 e. The number of hydrogen-bond acceptors (Lipinski definition) is 7. The van der Waals surface area contributed by atoms with Gasteiger partial charge in [-0.3, -0.25) is 0 Å². The molecule has 4 aromatic rings. The number of methoxy groups -OCH3 is 1. The Kier molecular flexibility index (Phi) is 9.57. The largest absolute Gasteiger partial charge is 0.493 e. The molecule has 4 rings (SSSR count). The molecule has 11 heteroatoms. The summed E-state index contributed by atoms with van der Waals surface area (Å²) in [5, 5.41) is 16.6. The third-order valence-electron chi connectivity index (χ3n) is 5.22. The predicted octanol–water partition coefficient (Wildman–Crippen LogP) is 6.08. The highest BCUT2D eigenvalue weighted by Crippen LogP contribution is 2.34. The van der Waals surface area contributed by atoms with Crippen molar-refractivity contribution in [3.63, 3.8) is 0 Å². The van der Waals surface area contributed by atoms with Gasteiger partial charge in [-0.1, -0.05) is 63.6 Å². The minimum atomic E-state index is -0.382. The van der Waals surface area contributed by atoms with Crippen molar-refractivity contribution < 1.29 is 13.9 Å². The quantitative estimate of drug-likeness (QED) is 0.158. The van der Waals surface area contributed by atoms with Gasteiger partial charge in [0.15, 0.2) is 11.5 Å². The second kappa shape index (κ2) is 13.0. The Balaban J connectivity index is 1.25. The van der Waals surface area contributed by atoms with Gasteiger partial charge in [0, 0.05) is 22.3 Å². The van der Waals surface area contributed by atoms with E-state index in [1.54, 1.807) is 29.6 Å². The molecule has 0 bridgehead atoms. The van der Waals surface area contributed by atoms with E-state index in [1.165, 1.54) is 12.1 Å². The summed E-state index contributed by atoms with van der Waals surface area (Å²) in [6.07, 6.45) is 0.945.